The van der Waals surface area contributed by atoms with Crippen LogP contribution in [0, 0.1) is 17.0 Å². The maximum Gasteiger partial charge on any atom is 0.270 e. The van der Waals surface area contributed by atoms with Crippen LogP contribution in [-0.4, -0.2) is 42.7 Å². The van der Waals surface area contributed by atoms with Crippen molar-refractivity contribution in [3.63, 3.8) is 0 Å². The maximum absolute atomic E-state index is 12.8. The van der Waals surface area contributed by atoms with Crippen molar-refractivity contribution in [3.05, 3.63) is 81.0 Å². The fraction of sp³-hybridized carbons (Fsp3) is 0.238. The molecular formula is C21H21N3O6S. The lowest BCUT2D eigenvalue weighted by atomic mass is 10.1. The molecule has 1 atom stereocenters. The Hall–Kier alpha value is -3.53. The monoisotopic (exact) mass is 443 g/mol. The lowest BCUT2D eigenvalue weighted by Crippen LogP contribution is -2.41. The maximum atomic E-state index is 12.8. The largest absolute Gasteiger partial charge is 0.347 e. The zero-order chi connectivity index (χ0) is 22.6. The fourth-order valence-electron chi connectivity index (χ4n) is 3.12. The molecule has 162 valence electrons. The molecule has 1 fully saturated rings. The number of hydrogen-bond acceptors (Lipinski definition) is 6. The molecule has 0 saturated carbocycles. The van der Waals surface area contributed by atoms with Crippen LogP contribution < -0.4 is 10.6 Å². The summed E-state index contributed by atoms with van der Waals surface area (Å²) in [6, 6.07) is 11.8. The second kappa shape index (κ2) is 9.09. The topological polar surface area (TPSA) is 135 Å². The van der Waals surface area contributed by atoms with Crippen molar-refractivity contribution in [2.24, 2.45) is 0 Å². The molecule has 10 heteroatoms. The number of aryl methyl sites for hydroxylation is 1. The average Bonchev–Trinajstić information content (AvgIpc) is 3.06. The van der Waals surface area contributed by atoms with E-state index >= 15 is 0 Å². The normalized spacial score (nSPS) is 17.7. The molecule has 0 aromatic heterocycles. The minimum atomic E-state index is -3.21. The van der Waals surface area contributed by atoms with E-state index in [1.165, 1.54) is 24.3 Å². The Kier molecular flexibility index (Phi) is 6.50. The zero-order valence-electron chi connectivity index (χ0n) is 16.7. The van der Waals surface area contributed by atoms with Crippen molar-refractivity contribution in [2.75, 3.05) is 11.5 Å². The quantitative estimate of drug-likeness (QED) is 0.398. The molecule has 31 heavy (non-hydrogen) atoms. The lowest BCUT2D eigenvalue weighted by Gasteiger charge is -2.14. The first-order valence-corrected chi connectivity index (χ1v) is 11.3. The number of rotatable bonds is 6. The first-order valence-electron chi connectivity index (χ1n) is 9.48. The molecular weight excluding hydrogens is 422 g/mol. The van der Waals surface area contributed by atoms with Crippen molar-refractivity contribution in [1.82, 2.24) is 10.6 Å². The predicted molar refractivity (Wildman–Crippen MR) is 115 cm³/mol. The predicted octanol–water partition coefficient (Wildman–Crippen LogP) is 1.98. The molecule has 0 spiro atoms. The van der Waals surface area contributed by atoms with E-state index in [1.54, 1.807) is 30.3 Å². The molecule has 3 rings (SSSR count). The molecule has 2 amide bonds. The Bertz CT molecular complexity index is 1160. The summed E-state index contributed by atoms with van der Waals surface area (Å²) in [6.45, 7) is 1.87. The summed E-state index contributed by atoms with van der Waals surface area (Å²) in [7, 11) is -3.21. The van der Waals surface area contributed by atoms with Gasteiger partial charge in [-0.25, -0.2) is 8.42 Å². The Balaban J connectivity index is 1.88. The lowest BCUT2D eigenvalue weighted by molar-refractivity contribution is -0.384. The van der Waals surface area contributed by atoms with Crippen LogP contribution in [0.1, 0.15) is 27.9 Å². The van der Waals surface area contributed by atoms with E-state index in [-0.39, 0.29) is 29.3 Å². The van der Waals surface area contributed by atoms with E-state index in [9.17, 15) is 28.1 Å². The van der Waals surface area contributed by atoms with Crippen LogP contribution in [0.2, 0.25) is 0 Å². The summed E-state index contributed by atoms with van der Waals surface area (Å²) in [5, 5.41) is 16.2. The van der Waals surface area contributed by atoms with Crippen molar-refractivity contribution in [2.45, 2.75) is 19.4 Å². The number of non-ortho nitro benzene ring substituents is 1. The van der Waals surface area contributed by atoms with Crippen LogP contribution in [0.25, 0.3) is 6.08 Å². The van der Waals surface area contributed by atoms with Crippen LogP contribution in [0.4, 0.5) is 5.69 Å². The van der Waals surface area contributed by atoms with Gasteiger partial charge in [-0.05, 0) is 37.1 Å². The Morgan fingerprint density at radius 1 is 1.16 bits per heavy atom. The van der Waals surface area contributed by atoms with Gasteiger partial charge < -0.3 is 10.6 Å². The number of nitro groups is 1. The highest BCUT2D eigenvalue weighted by Crippen LogP contribution is 2.17. The molecule has 1 aliphatic rings. The van der Waals surface area contributed by atoms with Crippen LogP contribution in [0.3, 0.4) is 0 Å². The molecule has 2 aromatic carbocycles. The second-order valence-electron chi connectivity index (χ2n) is 7.30. The van der Waals surface area contributed by atoms with Gasteiger partial charge in [-0.1, -0.05) is 29.8 Å². The van der Waals surface area contributed by atoms with Crippen LogP contribution >= 0.6 is 0 Å². The van der Waals surface area contributed by atoms with E-state index in [4.69, 9.17) is 0 Å². The summed E-state index contributed by atoms with van der Waals surface area (Å²) in [6.07, 6.45) is 1.60. The Morgan fingerprint density at radius 3 is 2.48 bits per heavy atom. The summed E-state index contributed by atoms with van der Waals surface area (Å²) < 4.78 is 23.4. The van der Waals surface area contributed by atoms with Crippen molar-refractivity contribution in [3.8, 4) is 0 Å². The van der Waals surface area contributed by atoms with Crippen LogP contribution in [0.5, 0.6) is 0 Å². The number of carbonyl (C=O) groups excluding carboxylic acids is 2. The highest BCUT2D eigenvalue weighted by Gasteiger charge is 2.30. The molecule has 1 heterocycles. The average molecular weight is 443 g/mol. The van der Waals surface area contributed by atoms with Gasteiger partial charge in [-0.2, -0.15) is 0 Å². The number of amides is 2. The number of nitro benzene ring substituents is 1. The number of carbonyl (C=O) groups is 2. The van der Waals surface area contributed by atoms with Gasteiger partial charge >= 0.3 is 0 Å². The first kappa shape index (κ1) is 22.2. The van der Waals surface area contributed by atoms with E-state index in [0.717, 1.165) is 5.56 Å². The molecule has 1 aliphatic heterocycles. The molecule has 0 aliphatic carbocycles. The smallest absolute Gasteiger partial charge is 0.270 e. The molecule has 0 bridgehead atoms. The Morgan fingerprint density at radius 2 is 1.87 bits per heavy atom. The van der Waals surface area contributed by atoms with Crippen molar-refractivity contribution in [1.29, 1.82) is 0 Å². The molecule has 2 N–H and O–H groups in total. The molecule has 0 radical (unpaired) electrons. The highest BCUT2D eigenvalue weighted by molar-refractivity contribution is 7.91. The minimum Gasteiger partial charge on any atom is -0.347 e. The van der Waals surface area contributed by atoms with Gasteiger partial charge in [0.25, 0.3) is 17.5 Å². The minimum absolute atomic E-state index is 0.0163. The van der Waals surface area contributed by atoms with E-state index in [0.29, 0.717) is 11.1 Å². The fourth-order valence-corrected chi connectivity index (χ4v) is 4.80. The third-order valence-corrected chi connectivity index (χ3v) is 6.53. The standard InChI is InChI=1S/C21H21N3O6S/c1-14-5-7-16(8-6-14)20(25)23-19(12-15-3-2-4-18(11-15)24(27)28)21(26)22-17-9-10-31(29,30)13-17/h2-8,11-12,17H,9-10,13H2,1H3,(H,22,26)(H,23,25). The Labute approximate surface area is 179 Å². The van der Waals surface area contributed by atoms with E-state index in [2.05, 4.69) is 10.6 Å². The molecule has 9 nitrogen and oxygen atoms in total. The van der Waals surface area contributed by atoms with Crippen LogP contribution in [0.15, 0.2) is 54.2 Å². The summed E-state index contributed by atoms with van der Waals surface area (Å²) in [5.41, 5.74) is 1.31. The number of sulfone groups is 1. The summed E-state index contributed by atoms with van der Waals surface area (Å²) >= 11 is 0. The number of hydrogen-bond donors (Lipinski definition) is 2. The molecule has 1 unspecified atom stereocenters. The SMILES string of the molecule is Cc1ccc(C(=O)NC(=Cc2cccc([N+](=O)[O-])c2)C(=O)NC2CCS(=O)(=O)C2)cc1. The molecule has 2 aromatic rings. The van der Waals surface area contributed by atoms with E-state index < -0.39 is 32.6 Å². The van der Waals surface area contributed by atoms with Gasteiger partial charge in [-0.15, -0.1) is 0 Å². The molecule has 1 saturated heterocycles. The van der Waals surface area contributed by atoms with Crippen molar-refractivity contribution >= 4 is 33.4 Å². The number of nitrogens with one attached hydrogen (secondary N) is 2. The van der Waals surface area contributed by atoms with E-state index in [1.807, 2.05) is 6.92 Å². The van der Waals surface area contributed by atoms with Gasteiger partial charge in [0.15, 0.2) is 9.84 Å². The summed E-state index contributed by atoms with van der Waals surface area (Å²) in [5.74, 6) is -1.40. The number of nitrogens with zero attached hydrogens (tertiary/aromatic N) is 1. The van der Waals surface area contributed by atoms with Crippen molar-refractivity contribution < 1.29 is 22.9 Å². The highest BCUT2D eigenvalue weighted by atomic mass is 32.2. The zero-order valence-corrected chi connectivity index (χ0v) is 17.5. The van der Waals surface area contributed by atoms with Gasteiger partial charge in [0, 0.05) is 23.7 Å². The number of benzene rings is 2. The van der Waals surface area contributed by atoms with Gasteiger partial charge in [0.1, 0.15) is 5.70 Å². The van der Waals surface area contributed by atoms with Gasteiger partial charge in [-0.3, -0.25) is 19.7 Å². The second-order valence-corrected chi connectivity index (χ2v) is 9.53. The first-order chi connectivity index (χ1) is 14.6. The van der Waals surface area contributed by atoms with Gasteiger partial charge in [0.2, 0.25) is 0 Å². The third-order valence-electron chi connectivity index (χ3n) is 4.77. The van der Waals surface area contributed by atoms with Gasteiger partial charge in [0.05, 0.1) is 16.4 Å². The summed E-state index contributed by atoms with van der Waals surface area (Å²) in [4.78, 5) is 35.9. The van der Waals surface area contributed by atoms with Crippen LogP contribution in [-0.2, 0) is 14.6 Å². The third kappa shape index (κ3) is 5.98.